The Morgan fingerprint density at radius 3 is 2.90 bits per heavy atom. The number of carbonyl (C=O) groups is 1. The molecule has 0 spiro atoms. The Labute approximate surface area is 125 Å². The van der Waals surface area contributed by atoms with Gasteiger partial charge in [0.05, 0.1) is 18.8 Å². The summed E-state index contributed by atoms with van der Waals surface area (Å²) in [5, 5.41) is 12.7. The fourth-order valence-corrected chi connectivity index (χ4v) is 2.58. The minimum atomic E-state index is -0.424. The van der Waals surface area contributed by atoms with E-state index in [1.165, 1.54) is 6.08 Å². The molecule has 0 saturated heterocycles. The van der Waals surface area contributed by atoms with Crippen LogP contribution in [0.4, 0.5) is 0 Å². The minimum Gasteiger partial charge on any atom is -0.493 e. The fourth-order valence-electron chi connectivity index (χ4n) is 2.58. The summed E-state index contributed by atoms with van der Waals surface area (Å²) in [6.45, 7) is 2.52. The fraction of sp³-hybridized carbons (Fsp3) is 0.471. The van der Waals surface area contributed by atoms with E-state index in [9.17, 15) is 9.90 Å². The minimum absolute atomic E-state index is 0.127. The van der Waals surface area contributed by atoms with Crippen LogP contribution in [-0.2, 0) is 4.79 Å². The highest BCUT2D eigenvalue weighted by atomic mass is 16.5. The van der Waals surface area contributed by atoms with Crippen LogP contribution in [0.3, 0.4) is 0 Å². The Bertz CT molecular complexity index is 499. The first kappa shape index (κ1) is 15.6. The number of carbonyl (C=O) groups excluding carboxylic acids is 1. The number of hydrogen-bond acceptors (Lipinski definition) is 3. The van der Waals surface area contributed by atoms with E-state index in [1.807, 2.05) is 31.2 Å². The van der Waals surface area contributed by atoms with Gasteiger partial charge in [-0.15, -0.1) is 0 Å². The van der Waals surface area contributed by atoms with Crippen LogP contribution < -0.4 is 10.1 Å². The molecule has 21 heavy (non-hydrogen) atoms. The van der Waals surface area contributed by atoms with Gasteiger partial charge in [-0.1, -0.05) is 31.0 Å². The lowest BCUT2D eigenvalue weighted by Crippen LogP contribution is -2.44. The highest BCUT2D eigenvalue weighted by Crippen LogP contribution is 2.20. The molecule has 0 bridgehead atoms. The third kappa shape index (κ3) is 4.60. The molecule has 114 valence electrons. The summed E-state index contributed by atoms with van der Waals surface area (Å²) in [6, 6.07) is 7.47. The van der Waals surface area contributed by atoms with Crippen LogP contribution in [0, 0.1) is 0 Å². The van der Waals surface area contributed by atoms with E-state index in [1.54, 1.807) is 6.08 Å². The largest absolute Gasteiger partial charge is 0.493 e. The first-order chi connectivity index (χ1) is 10.2. The van der Waals surface area contributed by atoms with Crippen LogP contribution in [0.15, 0.2) is 30.3 Å². The van der Waals surface area contributed by atoms with Crippen LogP contribution in [0.25, 0.3) is 6.08 Å². The van der Waals surface area contributed by atoms with Gasteiger partial charge in [-0.2, -0.15) is 0 Å². The first-order valence-corrected chi connectivity index (χ1v) is 7.59. The van der Waals surface area contributed by atoms with Gasteiger partial charge in [-0.05, 0) is 31.9 Å². The molecule has 1 aromatic rings. The van der Waals surface area contributed by atoms with Crippen LogP contribution in [-0.4, -0.2) is 29.8 Å². The number of para-hydroxylation sites is 1. The molecule has 1 aliphatic carbocycles. The molecular formula is C17H23NO3. The summed E-state index contributed by atoms with van der Waals surface area (Å²) >= 11 is 0. The number of benzene rings is 1. The lowest BCUT2D eigenvalue weighted by atomic mass is 9.92. The predicted molar refractivity (Wildman–Crippen MR) is 83.1 cm³/mol. The Kier molecular flexibility index (Phi) is 5.81. The Morgan fingerprint density at radius 2 is 2.14 bits per heavy atom. The second-order valence-electron chi connectivity index (χ2n) is 5.27. The van der Waals surface area contributed by atoms with Crippen molar-refractivity contribution in [2.24, 2.45) is 0 Å². The zero-order valence-electron chi connectivity index (χ0n) is 12.4. The molecular weight excluding hydrogens is 266 g/mol. The number of aliphatic hydroxyl groups excluding tert-OH is 1. The molecule has 0 heterocycles. The maximum absolute atomic E-state index is 11.9. The average molecular weight is 289 g/mol. The molecule has 2 atom stereocenters. The average Bonchev–Trinajstić information content (AvgIpc) is 2.49. The van der Waals surface area contributed by atoms with Crippen molar-refractivity contribution in [2.45, 2.75) is 44.8 Å². The van der Waals surface area contributed by atoms with Crippen molar-refractivity contribution in [3.8, 4) is 5.75 Å². The SMILES string of the molecule is CCOc1ccccc1/C=C/C(=O)N[C@H]1CCCC[C@@H]1O. The van der Waals surface area contributed by atoms with E-state index >= 15 is 0 Å². The van der Waals surface area contributed by atoms with Crippen molar-refractivity contribution in [1.82, 2.24) is 5.32 Å². The highest BCUT2D eigenvalue weighted by Gasteiger charge is 2.23. The van der Waals surface area contributed by atoms with Crippen molar-refractivity contribution in [2.75, 3.05) is 6.61 Å². The first-order valence-electron chi connectivity index (χ1n) is 7.59. The molecule has 4 nitrogen and oxygen atoms in total. The van der Waals surface area contributed by atoms with Crippen LogP contribution in [0.1, 0.15) is 38.2 Å². The Morgan fingerprint density at radius 1 is 1.38 bits per heavy atom. The summed E-state index contributed by atoms with van der Waals surface area (Å²) in [5.74, 6) is 0.592. The summed E-state index contributed by atoms with van der Waals surface area (Å²) < 4.78 is 5.51. The quantitative estimate of drug-likeness (QED) is 0.819. The van der Waals surface area contributed by atoms with Crippen LogP contribution in [0.5, 0.6) is 5.75 Å². The van der Waals surface area contributed by atoms with Crippen molar-refractivity contribution in [1.29, 1.82) is 0 Å². The van der Waals surface area contributed by atoms with Gasteiger partial charge in [0.2, 0.25) is 5.91 Å². The van der Waals surface area contributed by atoms with Crippen molar-refractivity contribution < 1.29 is 14.6 Å². The number of amides is 1. The molecule has 1 aliphatic rings. The highest BCUT2D eigenvalue weighted by molar-refractivity contribution is 5.92. The molecule has 1 fully saturated rings. The lowest BCUT2D eigenvalue weighted by Gasteiger charge is -2.27. The van der Waals surface area contributed by atoms with E-state index < -0.39 is 6.10 Å². The second kappa shape index (κ2) is 7.84. The third-order valence-electron chi connectivity index (χ3n) is 3.69. The molecule has 1 amide bonds. The topological polar surface area (TPSA) is 58.6 Å². The van der Waals surface area contributed by atoms with Gasteiger partial charge in [-0.3, -0.25) is 4.79 Å². The van der Waals surface area contributed by atoms with Gasteiger partial charge in [0.15, 0.2) is 0 Å². The number of ether oxygens (including phenoxy) is 1. The van der Waals surface area contributed by atoms with Gasteiger partial charge in [0, 0.05) is 11.6 Å². The molecule has 4 heteroatoms. The van der Waals surface area contributed by atoms with Crippen LogP contribution >= 0.6 is 0 Å². The van der Waals surface area contributed by atoms with E-state index in [2.05, 4.69) is 5.32 Å². The second-order valence-corrected chi connectivity index (χ2v) is 5.27. The number of nitrogens with one attached hydrogen (secondary N) is 1. The predicted octanol–water partition coefficient (Wildman–Crippen LogP) is 2.52. The molecule has 1 saturated carbocycles. The van der Waals surface area contributed by atoms with E-state index in [-0.39, 0.29) is 11.9 Å². The molecule has 2 N–H and O–H groups in total. The van der Waals surface area contributed by atoms with Gasteiger partial charge in [-0.25, -0.2) is 0 Å². The van der Waals surface area contributed by atoms with Gasteiger partial charge in [0.1, 0.15) is 5.75 Å². The van der Waals surface area contributed by atoms with Gasteiger partial charge in [0.25, 0.3) is 0 Å². The zero-order valence-corrected chi connectivity index (χ0v) is 12.4. The summed E-state index contributed by atoms with van der Waals surface area (Å²) in [5.41, 5.74) is 0.874. The molecule has 0 unspecified atom stereocenters. The number of rotatable bonds is 5. The van der Waals surface area contributed by atoms with Gasteiger partial charge < -0.3 is 15.2 Å². The molecule has 0 aliphatic heterocycles. The maximum atomic E-state index is 11.9. The standard InChI is InChI=1S/C17H23NO3/c1-2-21-16-10-6-3-7-13(16)11-12-17(20)18-14-8-4-5-9-15(14)19/h3,6-7,10-12,14-15,19H,2,4-5,8-9H2,1H3,(H,18,20)/b12-11+/t14-,15-/m0/s1. The molecule has 0 aromatic heterocycles. The Hall–Kier alpha value is -1.81. The smallest absolute Gasteiger partial charge is 0.244 e. The van der Waals surface area contributed by atoms with E-state index in [0.29, 0.717) is 6.61 Å². The van der Waals surface area contributed by atoms with E-state index in [4.69, 9.17) is 4.74 Å². The molecule has 2 rings (SSSR count). The monoisotopic (exact) mass is 289 g/mol. The van der Waals surface area contributed by atoms with Gasteiger partial charge >= 0.3 is 0 Å². The van der Waals surface area contributed by atoms with Crippen molar-refractivity contribution in [3.05, 3.63) is 35.9 Å². The normalized spacial score (nSPS) is 22.2. The van der Waals surface area contributed by atoms with Crippen molar-refractivity contribution in [3.63, 3.8) is 0 Å². The van der Waals surface area contributed by atoms with Crippen molar-refractivity contribution >= 4 is 12.0 Å². The number of hydrogen-bond donors (Lipinski definition) is 2. The lowest BCUT2D eigenvalue weighted by molar-refractivity contribution is -0.118. The van der Waals surface area contributed by atoms with E-state index in [0.717, 1.165) is 37.0 Å². The maximum Gasteiger partial charge on any atom is 0.244 e. The third-order valence-corrected chi connectivity index (χ3v) is 3.69. The number of aliphatic hydroxyl groups is 1. The summed E-state index contributed by atoms with van der Waals surface area (Å²) in [4.78, 5) is 11.9. The summed E-state index contributed by atoms with van der Waals surface area (Å²) in [7, 11) is 0. The summed E-state index contributed by atoms with van der Waals surface area (Å²) in [6.07, 6.45) is 6.52. The van der Waals surface area contributed by atoms with Crippen LogP contribution in [0.2, 0.25) is 0 Å². The Balaban J connectivity index is 1.95. The molecule has 1 aromatic carbocycles. The molecule has 0 radical (unpaired) electrons. The zero-order chi connectivity index (χ0) is 15.1.